The van der Waals surface area contributed by atoms with Gasteiger partial charge in [-0.3, -0.25) is 14.3 Å². The number of carbonyl (C=O) groups is 2. The molecule has 1 heterocycles. The molecule has 0 radical (unpaired) electrons. The normalized spacial score (nSPS) is 12.4. The van der Waals surface area contributed by atoms with Crippen LogP contribution >= 0.6 is 11.6 Å². The zero-order valence-corrected chi connectivity index (χ0v) is 26.1. The zero-order chi connectivity index (χ0) is 31.0. The maximum atomic E-state index is 13.4. The Morgan fingerprint density at radius 1 is 1.07 bits per heavy atom. The van der Waals surface area contributed by atoms with E-state index in [9.17, 15) is 18.0 Å². The molecule has 3 aromatic rings. The third-order valence-electron chi connectivity index (χ3n) is 6.52. The predicted octanol–water partition coefficient (Wildman–Crippen LogP) is 5.01. The van der Waals surface area contributed by atoms with E-state index in [4.69, 9.17) is 21.2 Å². The molecule has 2 amide bonds. The van der Waals surface area contributed by atoms with E-state index in [0.29, 0.717) is 24.0 Å². The fraction of sp³-hybridized carbons (Fsp3) is 0.433. The van der Waals surface area contributed by atoms with Crippen LogP contribution < -0.4 is 10.0 Å². The first-order valence-corrected chi connectivity index (χ1v) is 15.8. The van der Waals surface area contributed by atoms with Gasteiger partial charge < -0.3 is 19.8 Å². The molecule has 12 heteroatoms. The molecule has 0 fully saturated rings. The number of sulfonamides is 1. The smallest absolute Gasteiger partial charge is 0.263 e. The SMILES string of the molecule is CCCC(=O)N(Cc1ccc(-c2ccccc2S(=O)(=O)Nc2noc(CCO)c2Cl)cc1)C(C(=O)NC(C)C)C(C)C. The van der Waals surface area contributed by atoms with Gasteiger partial charge in [0.05, 0.1) is 11.5 Å². The minimum absolute atomic E-state index is 0.00510. The summed E-state index contributed by atoms with van der Waals surface area (Å²) in [7, 11) is -4.12. The van der Waals surface area contributed by atoms with Gasteiger partial charge in [0.15, 0.2) is 5.76 Å². The Bertz CT molecular complexity index is 1470. The van der Waals surface area contributed by atoms with Crippen LogP contribution in [-0.4, -0.2) is 54.1 Å². The van der Waals surface area contributed by atoms with E-state index in [2.05, 4.69) is 15.2 Å². The van der Waals surface area contributed by atoms with Gasteiger partial charge in [0.25, 0.3) is 10.0 Å². The quantitative estimate of drug-likeness (QED) is 0.231. The second-order valence-electron chi connectivity index (χ2n) is 10.7. The molecule has 0 saturated carbocycles. The topological polar surface area (TPSA) is 142 Å². The molecule has 1 unspecified atom stereocenters. The highest BCUT2D eigenvalue weighted by atomic mass is 35.5. The molecular formula is C30H39ClN4O6S. The fourth-order valence-electron chi connectivity index (χ4n) is 4.61. The van der Waals surface area contributed by atoms with Crippen LogP contribution in [0.2, 0.25) is 5.02 Å². The van der Waals surface area contributed by atoms with Gasteiger partial charge in [-0.2, -0.15) is 0 Å². The Kier molecular flexibility index (Phi) is 11.6. The van der Waals surface area contributed by atoms with Crippen molar-refractivity contribution in [3.05, 3.63) is 64.9 Å². The minimum atomic E-state index is -4.12. The number of aliphatic hydroxyl groups excluding tert-OH is 1. The standard InChI is InChI=1S/C30H39ClN4O6S/c1-6-9-26(37)35(28(19(2)3)30(38)32-20(4)5)18-21-12-14-22(15-13-21)23-10-7-8-11-25(23)42(39,40)34-29-27(31)24(16-17-36)41-33-29/h7-8,10-15,19-20,28,36H,6,9,16-18H2,1-5H3,(H,32,38)(H,33,34). The lowest BCUT2D eigenvalue weighted by Crippen LogP contribution is -2.53. The van der Waals surface area contributed by atoms with Gasteiger partial charge in [0.2, 0.25) is 17.6 Å². The molecule has 0 spiro atoms. The largest absolute Gasteiger partial charge is 0.396 e. The van der Waals surface area contributed by atoms with Crippen molar-refractivity contribution < 1.29 is 27.6 Å². The Labute approximate surface area is 252 Å². The van der Waals surface area contributed by atoms with Gasteiger partial charge in [-0.1, -0.05) is 80.0 Å². The number of halogens is 1. The first-order chi connectivity index (χ1) is 19.9. The number of rotatable bonds is 14. The summed E-state index contributed by atoms with van der Waals surface area (Å²) < 4.78 is 34.1. The van der Waals surface area contributed by atoms with Crippen molar-refractivity contribution in [3.8, 4) is 11.1 Å². The number of aromatic nitrogens is 1. The Morgan fingerprint density at radius 3 is 2.33 bits per heavy atom. The van der Waals surface area contributed by atoms with E-state index < -0.39 is 16.1 Å². The number of nitrogens with one attached hydrogen (secondary N) is 2. The maximum Gasteiger partial charge on any atom is 0.263 e. The molecule has 0 aliphatic rings. The van der Waals surface area contributed by atoms with Gasteiger partial charge >= 0.3 is 0 Å². The van der Waals surface area contributed by atoms with E-state index in [0.717, 1.165) is 5.56 Å². The van der Waals surface area contributed by atoms with Gasteiger partial charge in [0.1, 0.15) is 11.1 Å². The summed E-state index contributed by atoms with van der Waals surface area (Å²) in [5.74, 6) is -0.387. The number of amides is 2. The van der Waals surface area contributed by atoms with Crippen molar-refractivity contribution in [2.24, 2.45) is 5.92 Å². The van der Waals surface area contributed by atoms with Crippen molar-refractivity contribution >= 4 is 39.3 Å². The Hall–Kier alpha value is -3.41. The molecule has 0 saturated heterocycles. The third-order valence-corrected chi connectivity index (χ3v) is 8.30. The summed E-state index contributed by atoms with van der Waals surface area (Å²) in [4.78, 5) is 27.9. The summed E-state index contributed by atoms with van der Waals surface area (Å²) >= 11 is 6.19. The third kappa shape index (κ3) is 8.11. The number of hydrogen-bond acceptors (Lipinski definition) is 7. The highest BCUT2D eigenvalue weighted by Crippen LogP contribution is 2.32. The number of benzene rings is 2. The van der Waals surface area contributed by atoms with Crippen molar-refractivity contribution in [2.45, 2.75) is 77.4 Å². The lowest BCUT2D eigenvalue weighted by Gasteiger charge is -2.34. The second-order valence-corrected chi connectivity index (χ2v) is 12.7. The van der Waals surface area contributed by atoms with Crippen molar-refractivity contribution in [2.75, 3.05) is 11.3 Å². The van der Waals surface area contributed by atoms with E-state index in [1.165, 1.54) is 6.07 Å². The van der Waals surface area contributed by atoms with Crippen molar-refractivity contribution in [1.82, 2.24) is 15.4 Å². The zero-order valence-electron chi connectivity index (χ0n) is 24.6. The number of aliphatic hydroxyl groups is 1. The van der Waals surface area contributed by atoms with E-state index >= 15 is 0 Å². The van der Waals surface area contributed by atoms with Gasteiger partial charge in [-0.25, -0.2) is 8.42 Å². The molecule has 1 atom stereocenters. The molecule has 1 aromatic heterocycles. The van der Waals surface area contributed by atoms with E-state index in [1.54, 1.807) is 35.2 Å². The van der Waals surface area contributed by atoms with Crippen LogP contribution in [0.3, 0.4) is 0 Å². The number of hydrogen-bond donors (Lipinski definition) is 3. The molecule has 0 aliphatic heterocycles. The highest BCUT2D eigenvalue weighted by Gasteiger charge is 2.32. The van der Waals surface area contributed by atoms with Gasteiger partial charge in [-0.05, 0) is 43.4 Å². The number of carbonyl (C=O) groups excluding carboxylic acids is 2. The Balaban J connectivity index is 1.91. The van der Waals surface area contributed by atoms with Crippen molar-refractivity contribution in [1.29, 1.82) is 0 Å². The summed E-state index contributed by atoms with van der Waals surface area (Å²) in [6, 6.07) is 13.0. The summed E-state index contributed by atoms with van der Waals surface area (Å²) in [5, 5.41) is 15.8. The summed E-state index contributed by atoms with van der Waals surface area (Å²) in [6.07, 6.45) is 1.08. The first kappa shape index (κ1) is 33.1. The Morgan fingerprint density at radius 2 is 1.74 bits per heavy atom. The fourth-order valence-corrected chi connectivity index (χ4v) is 6.12. The molecule has 42 heavy (non-hydrogen) atoms. The predicted molar refractivity (Wildman–Crippen MR) is 162 cm³/mol. The molecule has 228 valence electrons. The van der Waals surface area contributed by atoms with E-state index in [1.807, 2.05) is 46.8 Å². The van der Waals surface area contributed by atoms with Crippen LogP contribution in [0, 0.1) is 5.92 Å². The molecule has 0 bridgehead atoms. The number of nitrogens with zero attached hydrogens (tertiary/aromatic N) is 2. The highest BCUT2D eigenvalue weighted by molar-refractivity contribution is 7.92. The molecule has 2 aromatic carbocycles. The lowest BCUT2D eigenvalue weighted by atomic mass is 9.98. The molecular weight excluding hydrogens is 580 g/mol. The van der Waals surface area contributed by atoms with Crippen LogP contribution in [0.4, 0.5) is 5.82 Å². The molecule has 10 nitrogen and oxygen atoms in total. The second kappa shape index (κ2) is 14.7. The summed E-state index contributed by atoms with van der Waals surface area (Å²) in [5.41, 5.74) is 1.88. The van der Waals surface area contributed by atoms with Crippen LogP contribution in [0.1, 0.15) is 58.8 Å². The van der Waals surface area contributed by atoms with Crippen LogP contribution in [0.25, 0.3) is 11.1 Å². The lowest BCUT2D eigenvalue weighted by molar-refractivity contribution is -0.143. The van der Waals surface area contributed by atoms with E-state index in [-0.39, 0.29) is 64.8 Å². The van der Waals surface area contributed by atoms with Gasteiger partial charge in [-0.15, -0.1) is 0 Å². The first-order valence-electron chi connectivity index (χ1n) is 13.9. The monoisotopic (exact) mass is 618 g/mol. The van der Waals surface area contributed by atoms with Gasteiger partial charge in [0, 0.05) is 31.0 Å². The van der Waals surface area contributed by atoms with Crippen LogP contribution in [0.5, 0.6) is 0 Å². The van der Waals surface area contributed by atoms with Crippen LogP contribution in [-0.2, 0) is 32.6 Å². The van der Waals surface area contributed by atoms with Crippen molar-refractivity contribution in [3.63, 3.8) is 0 Å². The average Bonchev–Trinajstić information content (AvgIpc) is 3.26. The average molecular weight is 619 g/mol. The van der Waals surface area contributed by atoms with Crippen LogP contribution in [0.15, 0.2) is 57.9 Å². The maximum absolute atomic E-state index is 13.4. The molecule has 0 aliphatic carbocycles. The molecule has 3 rings (SSSR count). The minimum Gasteiger partial charge on any atom is -0.396 e. The summed E-state index contributed by atoms with van der Waals surface area (Å²) in [6.45, 7) is 9.54. The molecule has 3 N–H and O–H groups in total. The number of anilines is 1.